The molecular formula is C11H19F3N2O2. The van der Waals surface area contributed by atoms with Gasteiger partial charge in [0, 0.05) is 0 Å². The lowest BCUT2D eigenvalue weighted by Crippen LogP contribution is -2.61. The molecule has 0 aliphatic heterocycles. The molecule has 106 valence electrons. The Balaban J connectivity index is 2.70. The van der Waals surface area contributed by atoms with Gasteiger partial charge in [0.1, 0.15) is 5.54 Å². The van der Waals surface area contributed by atoms with Crippen molar-refractivity contribution in [3.8, 4) is 0 Å². The van der Waals surface area contributed by atoms with Gasteiger partial charge in [-0.15, -0.1) is 0 Å². The lowest BCUT2D eigenvalue weighted by Gasteiger charge is -2.32. The Labute approximate surface area is 104 Å². The molecule has 0 bridgehead atoms. The van der Waals surface area contributed by atoms with Crippen molar-refractivity contribution in [1.29, 1.82) is 0 Å². The summed E-state index contributed by atoms with van der Waals surface area (Å²) >= 11 is 0. The highest BCUT2D eigenvalue weighted by Gasteiger charge is 2.51. The molecule has 0 aromatic carbocycles. The molecule has 1 aliphatic carbocycles. The maximum Gasteiger partial charge on any atom is 0.414 e. The number of amides is 1. The van der Waals surface area contributed by atoms with Crippen molar-refractivity contribution in [2.75, 3.05) is 13.2 Å². The van der Waals surface area contributed by atoms with Crippen LogP contribution in [-0.4, -0.2) is 36.9 Å². The normalized spacial score (nSPS) is 21.4. The molecule has 1 rings (SSSR count). The molecule has 7 heteroatoms. The highest BCUT2D eigenvalue weighted by molar-refractivity contribution is 5.85. The summed E-state index contributed by atoms with van der Waals surface area (Å²) in [6, 6.07) is 0. The van der Waals surface area contributed by atoms with E-state index in [1.165, 1.54) is 0 Å². The van der Waals surface area contributed by atoms with Crippen LogP contribution in [0.4, 0.5) is 13.2 Å². The van der Waals surface area contributed by atoms with E-state index in [2.05, 4.69) is 5.32 Å². The zero-order valence-electron chi connectivity index (χ0n) is 10.5. The van der Waals surface area contributed by atoms with E-state index < -0.39 is 23.7 Å². The smallest absolute Gasteiger partial charge is 0.368 e. The summed E-state index contributed by atoms with van der Waals surface area (Å²) in [5.74, 6) is -0.684. The van der Waals surface area contributed by atoms with Gasteiger partial charge < -0.3 is 15.8 Å². The van der Waals surface area contributed by atoms with Gasteiger partial charge in [-0.2, -0.15) is 13.2 Å². The number of rotatable bonds is 7. The molecule has 1 amide bonds. The number of ether oxygens (including phenoxy) is 1. The topological polar surface area (TPSA) is 64.3 Å². The summed E-state index contributed by atoms with van der Waals surface area (Å²) in [4.78, 5) is 11.6. The molecule has 1 fully saturated rings. The second kappa shape index (κ2) is 5.44. The van der Waals surface area contributed by atoms with Gasteiger partial charge in [0.15, 0.2) is 6.10 Å². The Morgan fingerprint density at radius 2 is 2.06 bits per heavy atom. The zero-order chi connectivity index (χ0) is 14.0. The highest BCUT2D eigenvalue weighted by Crippen LogP contribution is 2.40. The van der Waals surface area contributed by atoms with Crippen LogP contribution in [0.5, 0.6) is 0 Å². The number of primary amides is 1. The Bertz CT molecular complexity index is 305. The first kappa shape index (κ1) is 15.2. The predicted molar refractivity (Wildman–Crippen MR) is 59.8 cm³/mol. The van der Waals surface area contributed by atoms with Gasteiger partial charge in [0.05, 0.1) is 6.61 Å². The zero-order valence-corrected chi connectivity index (χ0v) is 10.5. The summed E-state index contributed by atoms with van der Waals surface area (Å²) in [7, 11) is 0. The van der Waals surface area contributed by atoms with Crippen molar-refractivity contribution >= 4 is 5.91 Å². The lowest BCUT2D eigenvalue weighted by atomic mass is 9.93. The molecule has 1 aliphatic rings. The minimum atomic E-state index is -4.43. The molecule has 2 unspecified atom stereocenters. The molecular weight excluding hydrogens is 249 g/mol. The second-order valence-corrected chi connectivity index (χ2v) is 4.64. The monoisotopic (exact) mass is 268 g/mol. The first-order chi connectivity index (χ1) is 8.24. The molecule has 0 heterocycles. The third kappa shape index (κ3) is 3.35. The van der Waals surface area contributed by atoms with Crippen LogP contribution >= 0.6 is 0 Å². The summed E-state index contributed by atoms with van der Waals surface area (Å²) in [6.07, 6.45) is -4.79. The Hall–Kier alpha value is -0.820. The van der Waals surface area contributed by atoms with E-state index in [-0.39, 0.29) is 12.5 Å². The second-order valence-electron chi connectivity index (χ2n) is 4.64. The highest BCUT2D eigenvalue weighted by atomic mass is 19.4. The minimum Gasteiger partial charge on any atom is -0.368 e. The van der Waals surface area contributed by atoms with Crippen LogP contribution in [0.25, 0.3) is 0 Å². The van der Waals surface area contributed by atoms with Crippen LogP contribution < -0.4 is 11.1 Å². The van der Waals surface area contributed by atoms with E-state index in [1.54, 1.807) is 6.92 Å². The number of nitrogens with two attached hydrogens (primary N) is 1. The summed E-state index contributed by atoms with van der Waals surface area (Å²) in [5, 5.41) is 2.90. The molecule has 4 nitrogen and oxygen atoms in total. The van der Waals surface area contributed by atoms with Crippen molar-refractivity contribution in [2.45, 2.75) is 44.5 Å². The SMILES string of the molecule is CCNC(COC(C)C(F)(F)F)(C(N)=O)C1CC1. The largest absolute Gasteiger partial charge is 0.414 e. The van der Waals surface area contributed by atoms with Crippen molar-refractivity contribution in [3.05, 3.63) is 0 Å². The van der Waals surface area contributed by atoms with Gasteiger partial charge in [-0.1, -0.05) is 6.92 Å². The van der Waals surface area contributed by atoms with Crippen molar-refractivity contribution in [3.63, 3.8) is 0 Å². The van der Waals surface area contributed by atoms with Crippen molar-refractivity contribution in [1.82, 2.24) is 5.32 Å². The number of likely N-dealkylation sites (N-methyl/N-ethyl adjacent to an activating group) is 1. The van der Waals surface area contributed by atoms with E-state index in [0.717, 1.165) is 19.8 Å². The Morgan fingerprint density at radius 3 is 2.39 bits per heavy atom. The fourth-order valence-corrected chi connectivity index (χ4v) is 1.92. The molecule has 0 radical (unpaired) electrons. The third-order valence-corrected chi connectivity index (χ3v) is 3.23. The Kier molecular flexibility index (Phi) is 4.61. The van der Waals surface area contributed by atoms with Crippen LogP contribution in [0.2, 0.25) is 0 Å². The van der Waals surface area contributed by atoms with Crippen LogP contribution in [0.3, 0.4) is 0 Å². The molecule has 0 aromatic rings. The molecule has 2 atom stereocenters. The van der Waals surface area contributed by atoms with E-state index in [1.807, 2.05) is 0 Å². The number of nitrogens with one attached hydrogen (secondary N) is 1. The Morgan fingerprint density at radius 1 is 1.50 bits per heavy atom. The fraction of sp³-hybridized carbons (Fsp3) is 0.909. The molecule has 3 N–H and O–H groups in total. The van der Waals surface area contributed by atoms with Crippen molar-refractivity contribution < 1.29 is 22.7 Å². The molecule has 1 saturated carbocycles. The quantitative estimate of drug-likeness (QED) is 0.729. The first-order valence-electron chi connectivity index (χ1n) is 5.97. The first-order valence-corrected chi connectivity index (χ1v) is 5.97. The van der Waals surface area contributed by atoms with Gasteiger partial charge in [0.2, 0.25) is 5.91 Å². The molecule has 18 heavy (non-hydrogen) atoms. The number of hydrogen-bond donors (Lipinski definition) is 2. The number of alkyl halides is 3. The number of carbonyl (C=O) groups excluding carboxylic acids is 1. The third-order valence-electron chi connectivity index (χ3n) is 3.23. The van der Waals surface area contributed by atoms with Crippen LogP contribution in [0, 0.1) is 5.92 Å². The lowest BCUT2D eigenvalue weighted by molar-refractivity contribution is -0.219. The molecule has 0 spiro atoms. The van der Waals surface area contributed by atoms with Gasteiger partial charge in [0.25, 0.3) is 0 Å². The van der Waals surface area contributed by atoms with Gasteiger partial charge in [-0.3, -0.25) is 4.79 Å². The maximum absolute atomic E-state index is 12.4. The summed E-state index contributed by atoms with van der Waals surface area (Å²) in [5.41, 5.74) is 4.16. The van der Waals surface area contributed by atoms with Gasteiger partial charge in [-0.05, 0) is 32.2 Å². The van der Waals surface area contributed by atoms with Gasteiger partial charge >= 0.3 is 6.18 Å². The predicted octanol–water partition coefficient (Wildman–Crippen LogP) is 1.20. The van der Waals surface area contributed by atoms with E-state index >= 15 is 0 Å². The van der Waals surface area contributed by atoms with Gasteiger partial charge in [-0.25, -0.2) is 0 Å². The van der Waals surface area contributed by atoms with Crippen LogP contribution in [0.15, 0.2) is 0 Å². The number of halogens is 3. The van der Waals surface area contributed by atoms with Crippen molar-refractivity contribution in [2.24, 2.45) is 11.7 Å². The maximum atomic E-state index is 12.4. The van der Waals surface area contributed by atoms with Crippen LogP contribution in [-0.2, 0) is 9.53 Å². The van der Waals surface area contributed by atoms with E-state index in [0.29, 0.717) is 6.54 Å². The average molecular weight is 268 g/mol. The van der Waals surface area contributed by atoms with E-state index in [4.69, 9.17) is 10.5 Å². The molecule has 0 aromatic heterocycles. The summed E-state index contributed by atoms with van der Waals surface area (Å²) in [6.45, 7) is 2.79. The van der Waals surface area contributed by atoms with E-state index in [9.17, 15) is 18.0 Å². The molecule has 0 saturated heterocycles. The standard InChI is InChI=1S/C11H19F3N2O2/c1-3-16-10(9(15)17,8-4-5-8)6-18-7(2)11(12,13)14/h7-8,16H,3-6H2,1-2H3,(H2,15,17). The fourth-order valence-electron chi connectivity index (χ4n) is 1.92. The number of carbonyl (C=O) groups is 1. The average Bonchev–Trinajstić information content (AvgIpc) is 3.05. The minimum absolute atomic E-state index is 0.0321. The van der Waals surface area contributed by atoms with Crippen LogP contribution in [0.1, 0.15) is 26.7 Å². The summed E-state index contributed by atoms with van der Waals surface area (Å²) < 4.78 is 41.9. The number of hydrogen-bond acceptors (Lipinski definition) is 3.